The summed E-state index contributed by atoms with van der Waals surface area (Å²) >= 11 is 2.94. The number of hydrogen-bond donors (Lipinski definition) is 0. The molecule has 154 valence electrons. The summed E-state index contributed by atoms with van der Waals surface area (Å²) in [6.45, 7) is 0.238. The highest BCUT2D eigenvalue weighted by atomic mass is 32.2. The molecule has 0 aliphatic rings. The lowest BCUT2D eigenvalue weighted by molar-refractivity contribution is -0.127. The number of amides is 1. The first-order chi connectivity index (χ1) is 14.0. The van der Waals surface area contributed by atoms with Crippen molar-refractivity contribution in [3.8, 4) is 16.5 Å². The standard InChI is InChI=1S/C19H20F2N4O2S2/c1-3-25-17(15-5-4-10-28-15)22-23-19(25)29-12-16(26)24(2)11-13-6-8-14(9-7-13)27-18(20)21/h4-10,18H,3,11-12H2,1-2H3. The zero-order valence-corrected chi connectivity index (χ0v) is 17.6. The van der Waals surface area contributed by atoms with Crippen molar-refractivity contribution in [3.05, 3.63) is 47.3 Å². The van der Waals surface area contributed by atoms with Crippen LogP contribution in [0.25, 0.3) is 10.7 Å². The van der Waals surface area contributed by atoms with Crippen molar-refractivity contribution >= 4 is 29.0 Å². The first-order valence-corrected chi connectivity index (χ1v) is 10.7. The number of nitrogens with zero attached hydrogens (tertiary/aromatic N) is 4. The largest absolute Gasteiger partial charge is 0.435 e. The average molecular weight is 439 g/mol. The highest BCUT2D eigenvalue weighted by molar-refractivity contribution is 7.99. The SMILES string of the molecule is CCn1c(SCC(=O)N(C)Cc2ccc(OC(F)F)cc2)nnc1-c1cccs1. The summed E-state index contributed by atoms with van der Waals surface area (Å²) in [6, 6.07) is 10.2. The van der Waals surface area contributed by atoms with Crippen LogP contribution in [0.3, 0.4) is 0 Å². The minimum absolute atomic E-state index is 0.0637. The van der Waals surface area contributed by atoms with E-state index in [0.717, 1.165) is 16.3 Å². The van der Waals surface area contributed by atoms with Gasteiger partial charge in [-0.3, -0.25) is 4.79 Å². The Morgan fingerprint density at radius 2 is 2.03 bits per heavy atom. The van der Waals surface area contributed by atoms with Crippen LogP contribution in [0.15, 0.2) is 46.9 Å². The molecule has 29 heavy (non-hydrogen) atoms. The van der Waals surface area contributed by atoms with E-state index in [1.54, 1.807) is 35.4 Å². The number of hydrogen-bond acceptors (Lipinski definition) is 6. The van der Waals surface area contributed by atoms with E-state index >= 15 is 0 Å². The average Bonchev–Trinajstić information content (AvgIpc) is 3.36. The van der Waals surface area contributed by atoms with Gasteiger partial charge < -0.3 is 14.2 Å². The van der Waals surface area contributed by atoms with Crippen LogP contribution in [-0.2, 0) is 17.9 Å². The molecule has 6 nitrogen and oxygen atoms in total. The van der Waals surface area contributed by atoms with E-state index in [0.29, 0.717) is 18.2 Å². The summed E-state index contributed by atoms with van der Waals surface area (Å²) in [5.74, 6) is 1.06. The fourth-order valence-electron chi connectivity index (χ4n) is 2.64. The zero-order chi connectivity index (χ0) is 20.8. The monoisotopic (exact) mass is 438 g/mol. The number of ether oxygens (including phenoxy) is 1. The second kappa shape index (κ2) is 9.84. The van der Waals surface area contributed by atoms with E-state index in [1.807, 2.05) is 29.0 Å². The van der Waals surface area contributed by atoms with Crippen molar-refractivity contribution < 1.29 is 18.3 Å². The topological polar surface area (TPSA) is 60.2 Å². The number of carbonyl (C=O) groups is 1. The first-order valence-electron chi connectivity index (χ1n) is 8.85. The van der Waals surface area contributed by atoms with Crippen molar-refractivity contribution in [2.24, 2.45) is 0 Å². The molecule has 0 aliphatic heterocycles. The van der Waals surface area contributed by atoms with Crippen LogP contribution in [0.1, 0.15) is 12.5 Å². The molecule has 0 N–H and O–H groups in total. The molecule has 0 saturated carbocycles. The van der Waals surface area contributed by atoms with Crippen molar-refractivity contribution in [1.82, 2.24) is 19.7 Å². The molecular weight excluding hydrogens is 418 g/mol. The quantitative estimate of drug-likeness (QED) is 0.464. The normalized spacial score (nSPS) is 11.1. The number of rotatable bonds is 9. The van der Waals surface area contributed by atoms with E-state index in [4.69, 9.17) is 0 Å². The fourth-order valence-corrected chi connectivity index (χ4v) is 4.30. The van der Waals surface area contributed by atoms with Gasteiger partial charge in [-0.2, -0.15) is 8.78 Å². The lowest BCUT2D eigenvalue weighted by Gasteiger charge is -2.17. The van der Waals surface area contributed by atoms with Gasteiger partial charge in [0.15, 0.2) is 11.0 Å². The molecule has 0 fully saturated rings. The van der Waals surface area contributed by atoms with Gasteiger partial charge in [0.25, 0.3) is 0 Å². The lowest BCUT2D eigenvalue weighted by Crippen LogP contribution is -2.27. The van der Waals surface area contributed by atoms with E-state index in [2.05, 4.69) is 14.9 Å². The summed E-state index contributed by atoms with van der Waals surface area (Å²) in [6.07, 6.45) is 0. The van der Waals surface area contributed by atoms with E-state index in [9.17, 15) is 13.6 Å². The van der Waals surface area contributed by atoms with Crippen LogP contribution in [0.5, 0.6) is 5.75 Å². The van der Waals surface area contributed by atoms with Gasteiger partial charge in [-0.15, -0.1) is 21.5 Å². The predicted molar refractivity (Wildman–Crippen MR) is 109 cm³/mol. The summed E-state index contributed by atoms with van der Waals surface area (Å²) in [4.78, 5) is 15.1. The second-order valence-electron chi connectivity index (χ2n) is 6.09. The molecule has 0 saturated heterocycles. The molecule has 0 bridgehead atoms. The minimum Gasteiger partial charge on any atom is -0.435 e. The third-order valence-corrected chi connectivity index (χ3v) is 5.91. The summed E-state index contributed by atoms with van der Waals surface area (Å²) < 4.78 is 30.7. The minimum atomic E-state index is -2.85. The van der Waals surface area contributed by atoms with Crippen molar-refractivity contribution in [2.75, 3.05) is 12.8 Å². The first kappa shape index (κ1) is 21.3. The number of alkyl halides is 2. The van der Waals surface area contributed by atoms with Crippen molar-refractivity contribution in [1.29, 1.82) is 0 Å². The Balaban J connectivity index is 1.56. The maximum absolute atomic E-state index is 12.5. The zero-order valence-electron chi connectivity index (χ0n) is 15.9. The summed E-state index contributed by atoms with van der Waals surface area (Å²) in [7, 11) is 1.70. The molecule has 1 amide bonds. The van der Waals surface area contributed by atoms with E-state index in [1.165, 1.54) is 23.9 Å². The van der Waals surface area contributed by atoms with E-state index in [-0.39, 0.29) is 17.4 Å². The Labute approximate surface area is 175 Å². The Bertz CT molecular complexity index is 930. The Morgan fingerprint density at radius 1 is 1.28 bits per heavy atom. The second-order valence-corrected chi connectivity index (χ2v) is 7.98. The number of carbonyl (C=O) groups excluding carboxylic acids is 1. The van der Waals surface area contributed by atoms with Gasteiger partial charge >= 0.3 is 6.61 Å². The van der Waals surface area contributed by atoms with Gasteiger partial charge in [0, 0.05) is 20.1 Å². The van der Waals surface area contributed by atoms with Crippen LogP contribution >= 0.6 is 23.1 Å². The lowest BCUT2D eigenvalue weighted by atomic mass is 10.2. The van der Waals surface area contributed by atoms with Crippen LogP contribution in [0.4, 0.5) is 8.78 Å². The summed E-state index contributed by atoms with van der Waals surface area (Å²) in [5.41, 5.74) is 0.823. The molecule has 1 aromatic carbocycles. The number of halogens is 2. The fraction of sp³-hybridized carbons (Fsp3) is 0.316. The Hall–Kier alpha value is -2.46. The van der Waals surface area contributed by atoms with Gasteiger partial charge in [0.1, 0.15) is 5.75 Å². The van der Waals surface area contributed by atoms with Gasteiger partial charge in [-0.05, 0) is 36.1 Å². The van der Waals surface area contributed by atoms with Crippen LogP contribution in [0, 0.1) is 0 Å². The number of benzene rings is 1. The van der Waals surface area contributed by atoms with Gasteiger partial charge in [-0.1, -0.05) is 30.0 Å². The molecule has 0 unspecified atom stereocenters. The molecule has 3 aromatic rings. The number of aromatic nitrogens is 3. The van der Waals surface area contributed by atoms with E-state index < -0.39 is 6.61 Å². The Kier molecular flexibility index (Phi) is 7.21. The number of thiophene rings is 1. The van der Waals surface area contributed by atoms with Crippen LogP contribution < -0.4 is 4.74 Å². The molecule has 0 spiro atoms. The highest BCUT2D eigenvalue weighted by Crippen LogP contribution is 2.27. The molecule has 2 heterocycles. The molecule has 10 heteroatoms. The molecular formula is C19H20F2N4O2S2. The molecule has 0 radical (unpaired) electrons. The van der Waals surface area contributed by atoms with Crippen molar-refractivity contribution in [2.45, 2.75) is 31.8 Å². The smallest absolute Gasteiger partial charge is 0.387 e. The maximum atomic E-state index is 12.5. The van der Waals surface area contributed by atoms with Crippen molar-refractivity contribution in [3.63, 3.8) is 0 Å². The molecule has 0 aliphatic carbocycles. The molecule has 2 aromatic heterocycles. The van der Waals surface area contributed by atoms with Gasteiger partial charge in [0.2, 0.25) is 5.91 Å². The molecule has 3 rings (SSSR count). The third-order valence-electron chi connectivity index (χ3n) is 4.09. The van der Waals surface area contributed by atoms with Gasteiger partial charge in [-0.25, -0.2) is 0 Å². The number of thioether (sulfide) groups is 1. The molecule has 0 atom stereocenters. The van der Waals surface area contributed by atoms with Gasteiger partial charge in [0.05, 0.1) is 10.6 Å². The maximum Gasteiger partial charge on any atom is 0.387 e. The highest BCUT2D eigenvalue weighted by Gasteiger charge is 2.17. The van der Waals surface area contributed by atoms with Crippen LogP contribution in [0.2, 0.25) is 0 Å². The summed E-state index contributed by atoms with van der Waals surface area (Å²) in [5, 5.41) is 11.2. The Morgan fingerprint density at radius 3 is 2.66 bits per heavy atom. The predicted octanol–water partition coefficient (Wildman–Crippen LogP) is 4.38. The third kappa shape index (κ3) is 5.54. The van der Waals surface area contributed by atoms with Crippen LogP contribution in [-0.4, -0.2) is 45.0 Å².